The number of pyridine rings is 1. The molecule has 2 aliphatic rings. The van der Waals surface area contributed by atoms with Gasteiger partial charge >= 0.3 is 0 Å². The van der Waals surface area contributed by atoms with Gasteiger partial charge in [0.25, 0.3) is 5.95 Å². The Bertz CT molecular complexity index is 1320. The van der Waals surface area contributed by atoms with Crippen molar-refractivity contribution in [3.63, 3.8) is 0 Å². The SMILES string of the molecule is CS(=O)(=O)N1CCN(C2CCC(Nc3ncnc4ccc(-c5cnc(F)c(O)c5)cc34)CC2)CC1. The van der Waals surface area contributed by atoms with Crippen molar-refractivity contribution in [2.45, 2.75) is 37.8 Å². The number of halogens is 1. The number of aromatic nitrogens is 3. The van der Waals surface area contributed by atoms with Crippen LogP contribution in [0.25, 0.3) is 22.0 Å². The Kier molecular flexibility index (Phi) is 6.56. The summed E-state index contributed by atoms with van der Waals surface area (Å²) in [4.78, 5) is 14.9. The first kappa shape index (κ1) is 23.8. The van der Waals surface area contributed by atoms with Crippen LogP contribution < -0.4 is 5.32 Å². The Balaban J connectivity index is 1.25. The standard InChI is InChI=1S/C24H29FN6O3S/c1-35(33,34)31-10-8-30(9-11-31)19-5-3-18(4-6-19)29-24-20-12-16(2-7-21(20)27-15-28-24)17-13-22(32)23(25)26-14-17/h2,7,12-15,18-19,32H,3-6,8-11H2,1H3,(H,27,28,29). The zero-order valence-electron chi connectivity index (χ0n) is 19.6. The number of hydrogen-bond acceptors (Lipinski definition) is 8. The van der Waals surface area contributed by atoms with Crippen LogP contribution in [0.4, 0.5) is 10.2 Å². The number of piperazine rings is 1. The van der Waals surface area contributed by atoms with Crippen molar-refractivity contribution in [3.8, 4) is 16.9 Å². The Morgan fingerprint density at radius 1 is 1.00 bits per heavy atom. The first-order chi connectivity index (χ1) is 16.8. The van der Waals surface area contributed by atoms with Crippen molar-refractivity contribution >= 4 is 26.7 Å². The van der Waals surface area contributed by atoms with Crippen molar-refractivity contribution < 1.29 is 17.9 Å². The van der Waals surface area contributed by atoms with Gasteiger partial charge in [0, 0.05) is 55.4 Å². The molecule has 186 valence electrons. The normalized spacial score (nSPS) is 22.3. The van der Waals surface area contributed by atoms with Gasteiger partial charge in [0.05, 0.1) is 11.8 Å². The second-order valence-electron chi connectivity index (χ2n) is 9.34. The minimum Gasteiger partial charge on any atom is -0.504 e. The fourth-order valence-corrected chi connectivity index (χ4v) is 5.95. The number of anilines is 1. The number of benzene rings is 1. The van der Waals surface area contributed by atoms with E-state index in [-0.39, 0.29) is 6.04 Å². The molecule has 3 aromatic rings. The Labute approximate surface area is 204 Å². The second-order valence-corrected chi connectivity index (χ2v) is 11.3. The number of nitrogens with one attached hydrogen (secondary N) is 1. The molecule has 1 saturated carbocycles. The lowest BCUT2D eigenvalue weighted by Gasteiger charge is -2.41. The highest BCUT2D eigenvalue weighted by Gasteiger charge is 2.30. The Morgan fingerprint density at radius 3 is 2.43 bits per heavy atom. The molecule has 3 heterocycles. The minimum atomic E-state index is -3.11. The predicted molar refractivity (Wildman–Crippen MR) is 132 cm³/mol. The summed E-state index contributed by atoms with van der Waals surface area (Å²) in [5.74, 6) is -0.630. The molecule has 1 aliphatic carbocycles. The van der Waals surface area contributed by atoms with E-state index < -0.39 is 21.7 Å². The molecule has 5 rings (SSSR count). The molecule has 1 aromatic carbocycles. The monoisotopic (exact) mass is 500 g/mol. The molecule has 0 unspecified atom stereocenters. The molecule has 2 aromatic heterocycles. The second kappa shape index (κ2) is 9.63. The third-order valence-electron chi connectivity index (χ3n) is 7.09. The van der Waals surface area contributed by atoms with E-state index in [9.17, 15) is 17.9 Å². The van der Waals surface area contributed by atoms with Gasteiger partial charge in [-0.3, -0.25) is 4.90 Å². The summed E-state index contributed by atoms with van der Waals surface area (Å²) in [6, 6.07) is 7.78. The van der Waals surface area contributed by atoms with Gasteiger partial charge in [-0.05, 0) is 49.4 Å². The summed E-state index contributed by atoms with van der Waals surface area (Å²) in [7, 11) is -3.11. The van der Waals surface area contributed by atoms with Gasteiger partial charge in [-0.2, -0.15) is 8.70 Å². The van der Waals surface area contributed by atoms with Crippen LogP contribution in [-0.4, -0.2) is 82.2 Å². The quantitative estimate of drug-likeness (QED) is 0.515. The van der Waals surface area contributed by atoms with Crippen molar-refractivity contribution in [2.24, 2.45) is 0 Å². The summed E-state index contributed by atoms with van der Waals surface area (Å²) in [6.45, 7) is 2.69. The zero-order chi connectivity index (χ0) is 24.6. The first-order valence-electron chi connectivity index (χ1n) is 11.8. The smallest absolute Gasteiger partial charge is 0.255 e. The molecule has 0 bridgehead atoms. The molecular formula is C24H29FN6O3S. The maximum atomic E-state index is 13.4. The molecule has 2 N–H and O–H groups in total. The van der Waals surface area contributed by atoms with E-state index >= 15 is 0 Å². The van der Waals surface area contributed by atoms with Crippen LogP contribution in [0.15, 0.2) is 36.8 Å². The van der Waals surface area contributed by atoms with E-state index in [1.165, 1.54) is 18.5 Å². The topological polar surface area (TPSA) is 112 Å². The van der Waals surface area contributed by atoms with Crippen LogP contribution >= 0.6 is 0 Å². The third-order valence-corrected chi connectivity index (χ3v) is 8.39. The van der Waals surface area contributed by atoms with Gasteiger partial charge in [-0.1, -0.05) is 6.07 Å². The lowest BCUT2D eigenvalue weighted by molar-refractivity contribution is 0.109. The molecular weight excluding hydrogens is 471 g/mol. The summed E-state index contributed by atoms with van der Waals surface area (Å²) < 4.78 is 38.5. The first-order valence-corrected chi connectivity index (χ1v) is 13.7. The molecule has 0 radical (unpaired) electrons. The summed E-state index contributed by atoms with van der Waals surface area (Å²) in [6.07, 6.45) is 8.30. The number of fused-ring (bicyclic) bond motifs is 1. The molecule has 0 atom stereocenters. The lowest BCUT2D eigenvalue weighted by atomic mass is 9.89. The highest BCUT2D eigenvalue weighted by Crippen LogP contribution is 2.31. The number of hydrogen-bond donors (Lipinski definition) is 2. The molecule has 11 heteroatoms. The highest BCUT2D eigenvalue weighted by atomic mass is 32.2. The maximum absolute atomic E-state index is 13.4. The average molecular weight is 501 g/mol. The predicted octanol–water partition coefficient (Wildman–Crippen LogP) is 2.84. The molecule has 2 fully saturated rings. The number of nitrogens with zero attached hydrogens (tertiary/aromatic N) is 5. The summed E-state index contributed by atoms with van der Waals surface area (Å²) in [5, 5.41) is 14.1. The van der Waals surface area contributed by atoms with Crippen molar-refractivity contribution in [1.29, 1.82) is 0 Å². The van der Waals surface area contributed by atoms with Gasteiger partial charge in [-0.15, -0.1) is 0 Å². The summed E-state index contributed by atoms with van der Waals surface area (Å²) >= 11 is 0. The average Bonchev–Trinajstić information content (AvgIpc) is 2.86. The Morgan fingerprint density at radius 2 is 1.74 bits per heavy atom. The van der Waals surface area contributed by atoms with E-state index in [1.54, 1.807) is 10.6 Å². The zero-order valence-corrected chi connectivity index (χ0v) is 20.4. The van der Waals surface area contributed by atoms with E-state index in [0.29, 0.717) is 24.7 Å². The molecule has 1 saturated heterocycles. The van der Waals surface area contributed by atoms with Crippen LogP contribution in [0.2, 0.25) is 0 Å². The largest absolute Gasteiger partial charge is 0.504 e. The number of aromatic hydroxyl groups is 1. The van der Waals surface area contributed by atoms with Crippen molar-refractivity contribution in [3.05, 3.63) is 42.7 Å². The lowest BCUT2D eigenvalue weighted by Crippen LogP contribution is -2.52. The third kappa shape index (κ3) is 5.21. The van der Waals surface area contributed by atoms with E-state index in [4.69, 9.17) is 0 Å². The van der Waals surface area contributed by atoms with Crippen LogP contribution in [0.5, 0.6) is 5.75 Å². The van der Waals surface area contributed by atoms with Crippen molar-refractivity contribution in [1.82, 2.24) is 24.2 Å². The van der Waals surface area contributed by atoms with Gasteiger partial charge in [0.1, 0.15) is 12.1 Å². The molecule has 1 aliphatic heterocycles. The fraction of sp³-hybridized carbons (Fsp3) is 0.458. The van der Waals surface area contributed by atoms with Gasteiger partial charge in [0.15, 0.2) is 5.75 Å². The molecule has 0 amide bonds. The Hall–Kier alpha value is -2.89. The minimum absolute atomic E-state index is 0.279. The van der Waals surface area contributed by atoms with Crippen LogP contribution in [0, 0.1) is 5.95 Å². The maximum Gasteiger partial charge on any atom is 0.255 e. The fourth-order valence-electron chi connectivity index (χ4n) is 5.12. The van der Waals surface area contributed by atoms with Gasteiger partial charge in [0.2, 0.25) is 10.0 Å². The number of rotatable bonds is 5. The van der Waals surface area contributed by atoms with Crippen LogP contribution in [-0.2, 0) is 10.0 Å². The molecule has 35 heavy (non-hydrogen) atoms. The molecule has 9 nitrogen and oxygen atoms in total. The van der Waals surface area contributed by atoms with Crippen molar-refractivity contribution in [2.75, 3.05) is 37.8 Å². The number of sulfonamides is 1. The van der Waals surface area contributed by atoms with E-state index in [0.717, 1.165) is 61.1 Å². The van der Waals surface area contributed by atoms with Crippen LogP contribution in [0.1, 0.15) is 25.7 Å². The van der Waals surface area contributed by atoms with E-state index in [1.807, 2.05) is 18.2 Å². The van der Waals surface area contributed by atoms with Crippen LogP contribution in [0.3, 0.4) is 0 Å². The molecule has 0 spiro atoms. The van der Waals surface area contributed by atoms with Gasteiger partial charge < -0.3 is 10.4 Å². The highest BCUT2D eigenvalue weighted by molar-refractivity contribution is 7.88. The van der Waals surface area contributed by atoms with E-state index in [2.05, 4.69) is 25.2 Å². The van der Waals surface area contributed by atoms with Gasteiger partial charge in [-0.25, -0.2) is 23.4 Å². The summed E-state index contributed by atoms with van der Waals surface area (Å²) in [5.41, 5.74) is 2.19.